The number of rotatable bonds is 7. The van der Waals surface area contributed by atoms with Crippen LogP contribution in [0.1, 0.15) is 12.0 Å². The number of hydrogen-bond acceptors (Lipinski definition) is 8. The lowest BCUT2D eigenvalue weighted by atomic mass is 10.2. The van der Waals surface area contributed by atoms with Crippen molar-refractivity contribution in [2.24, 2.45) is 0 Å². The van der Waals surface area contributed by atoms with Gasteiger partial charge in [-0.1, -0.05) is 48.2 Å². The molecule has 0 N–H and O–H groups in total. The smallest absolute Gasteiger partial charge is 0.267 e. The first-order valence-electron chi connectivity index (χ1n) is 11.9. The van der Waals surface area contributed by atoms with E-state index in [1.54, 1.807) is 30.3 Å². The molecule has 1 amide bonds. The van der Waals surface area contributed by atoms with E-state index < -0.39 is 0 Å². The van der Waals surface area contributed by atoms with Crippen molar-refractivity contribution in [3.05, 3.63) is 75.6 Å². The Morgan fingerprint density at radius 1 is 1.03 bits per heavy atom. The van der Waals surface area contributed by atoms with Crippen molar-refractivity contribution in [3.8, 4) is 0 Å². The molecule has 4 heterocycles. The molecule has 3 aromatic rings. The van der Waals surface area contributed by atoms with Crippen LogP contribution in [0.25, 0.3) is 11.7 Å². The maximum atomic E-state index is 13.6. The second-order valence-corrected chi connectivity index (χ2v) is 10.2. The SMILES string of the molecule is COCCCN1C(=O)/C(=C/c2c(N3CCN(c4ccccc4)CC3)nc3ccccn3c2=O)SC1=S. The molecule has 1 aromatic carbocycles. The summed E-state index contributed by atoms with van der Waals surface area (Å²) in [5, 5.41) is 0. The van der Waals surface area contributed by atoms with Gasteiger partial charge in [0, 0.05) is 58.3 Å². The maximum Gasteiger partial charge on any atom is 0.267 e. The Labute approximate surface area is 219 Å². The van der Waals surface area contributed by atoms with Crippen LogP contribution in [0.4, 0.5) is 11.5 Å². The van der Waals surface area contributed by atoms with E-state index in [4.69, 9.17) is 21.9 Å². The minimum absolute atomic E-state index is 0.182. The monoisotopic (exact) mass is 521 g/mol. The van der Waals surface area contributed by atoms with Gasteiger partial charge in [0.25, 0.3) is 11.5 Å². The number of thiocarbonyl (C=S) groups is 1. The zero-order valence-corrected chi connectivity index (χ0v) is 21.6. The van der Waals surface area contributed by atoms with Gasteiger partial charge >= 0.3 is 0 Å². The van der Waals surface area contributed by atoms with E-state index in [0.29, 0.717) is 58.9 Å². The van der Waals surface area contributed by atoms with Gasteiger partial charge in [-0.05, 0) is 36.8 Å². The average Bonchev–Trinajstić information content (AvgIpc) is 3.18. The van der Waals surface area contributed by atoms with Crippen LogP contribution in [0, 0.1) is 0 Å². The van der Waals surface area contributed by atoms with Crippen molar-refractivity contribution in [1.82, 2.24) is 14.3 Å². The van der Waals surface area contributed by atoms with Crippen molar-refractivity contribution < 1.29 is 9.53 Å². The molecule has 2 saturated heterocycles. The molecule has 0 radical (unpaired) electrons. The molecule has 0 unspecified atom stereocenters. The summed E-state index contributed by atoms with van der Waals surface area (Å²) in [6.45, 7) is 4.07. The second-order valence-electron chi connectivity index (χ2n) is 8.57. The number of fused-ring (bicyclic) bond motifs is 1. The Balaban J connectivity index is 1.48. The predicted molar refractivity (Wildman–Crippen MR) is 149 cm³/mol. The molecule has 2 aromatic heterocycles. The summed E-state index contributed by atoms with van der Waals surface area (Å²) in [6, 6.07) is 15.8. The molecule has 2 aliphatic heterocycles. The Hall–Kier alpha value is -3.21. The van der Waals surface area contributed by atoms with Crippen molar-refractivity contribution in [3.63, 3.8) is 0 Å². The van der Waals surface area contributed by atoms with Crippen LogP contribution in [0.3, 0.4) is 0 Å². The van der Waals surface area contributed by atoms with Crippen LogP contribution < -0.4 is 15.4 Å². The lowest BCUT2D eigenvalue weighted by molar-refractivity contribution is -0.122. The molecule has 0 spiro atoms. The summed E-state index contributed by atoms with van der Waals surface area (Å²) in [5.41, 5.74) is 1.96. The number of carbonyl (C=O) groups excluding carboxylic acids is 1. The van der Waals surface area contributed by atoms with Crippen LogP contribution >= 0.6 is 24.0 Å². The third-order valence-electron chi connectivity index (χ3n) is 6.33. The Kier molecular flexibility index (Phi) is 7.35. The highest BCUT2D eigenvalue weighted by atomic mass is 32.2. The summed E-state index contributed by atoms with van der Waals surface area (Å²) in [6.07, 6.45) is 4.06. The van der Waals surface area contributed by atoms with Gasteiger partial charge in [-0.15, -0.1) is 0 Å². The number of carbonyl (C=O) groups is 1. The van der Waals surface area contributed by atoms with Crippen LogP contribution in [0.15, 0.2) is 64.4 Å². The molecule has 36 heavy (non-hydrogen) atoms. The molecule has 2 aliphatic rings. The van der Waals surface area contributed by atoms with Gasteiger partial charge in [-0.2, -0.15) is 0 Å². The standard InChI is InChI=1S/C26H27N5O3S2/c1-34-17-7-12-31-25(33)21(36-26(31)35)18-20-23(27-22-10-5-6-11-30(22)24(20)32)29-15-13-28(14-16-29)19-8-3-2-4-9-19/h2-6,8-11,18H,7,12-17H2,1H3/b21-18-. The molecule has 10 heteroatoms. The van der Waals surface area contributed by atoms with Crippen LogP contribution in [-0.2, 0) is 9.53 Å². The number of ether oxygens (including phenoxy) is 1. The number of anilines is 2. The van der Waals surface area contributed by atoms with Gasteiger partial charge in [0.05, 0.1) is 10.5 Å². The number of nitrogens with zero attached hydrogens (tertiary/aromatic N) is 5. The number of hydrogen-bond donors (Lipinski definition) is 0. The molecule has 2 fully saturated rings. The van der Waals surface area contributed by atoms with Gasteiger partial charge in [0.1, 0.15) is 15.8 Å². The maximum absolute atomic E-state index is 13.6. The topological polar surface area (TPSA) is 70.4 Å². The molecule has 8 nitrogen and oxygen atoms in total. The lowest BCUT2D eigenvalue weighted by Gasteiger charge is -2.37. The van der Waals surface area contributed by atoms with E-state index in [-0.39, 0.29) is 11.5 Å². The molecule has 0 bridgehead atoms. The first kappa shape index (κ1) is 24.5. The Morgan fingerprint density at radius 2 is 1.75 bits per heavy atom. The van der Waals surface area contributed by atoms with Crippen molar-refractivity contribution in [2.45, 2.75) is 6.42 Å². The van der Waals surface area contributed by atoms with E-state index in [2.05, 4.69) is 21.9 Å². The molecule has 186 valence electrons. The molecule has 0 saturated carbocycles. The summed E-state index contributed by atoms with van der Waals surface area (Å²) in [5.74, 6) is 0.419. The number of benzene rings is 1. The number of methoxy groups -OCH3 is 1. The van der Waals surface area contributed by atoms with Gasteiger partial charge < -0.3 is 14.5 Å². The van der Waals surface area contributed by atoms with Crippen LogP contribution in [0.5, 0.6) is 0 Å². The Morgan fingerprint density at radius 3 is 2.50 bits per heavy atom. The van der Waals surface area contributed by atoms with Gasteiger partial charge in [-0.25, -0.2) is 4.98 Å². The highest BCUT2D eigenvalue weighted by molar-refractivity contribution is 8.26. The summed E-state index contributed by atoms with van der Waals surface area (Å²) >= 11 is 6.69. The molecule has 0 atom stereocenters. The van der Waals surface area contributed by atoms with Crippen molar-refractivity contribution >= 4 is 57.4 Å². The number of para-hydroxylation sites is 1. The van der Waals surface area contributed by atoms with E-state index in [0.717, 1.165) is 13.1 Å². The molecule has 0 aliphatic carbocycles. The normalized spacial score (nSPS) is 17.6. The lowest BCUT2D eigenvalue weighted by Crippen LogP contribution is -2.47. The zero-order chi connectivity index (χ0) is 25.1. The highest BCUT2D eigenvalue weighted by Gasteiger charge is 2.33. The first-order valence-corrected chi connectivity index (χ1v) is 13.1. The quantitative estimate of drug-likeness (QED) is 0.267. The van der Waals surface area contributed by atoms with E-state index in [1.165, 1.54) is 21.8 Å². The fourth-order valence-corrected chi connectivity index (χ4v) is 5.75. The van der Waals surface area contributed by atoms with E-state index in [9.17, 15) is 9.59 Å². The minimum atomic E-state index is -0.203. The minimum Gasteiger partial charge on any atom is -0.385 e. The van der Waals surface area contributed by atoms with Crippen molar-refractivity contribution in [2.75, 3.05) is 56.2 Å². The number of aromatic nitrogens is 2. The third-order valence-corrected chi connectivity index (χ3v) is 7.71. The van der Waals surface area contributed by atoms with Gasteiger partial charge in [0.2, 0.25) is 0 Å². The molecular weight excluding hydrogens is 494 g/mol. The predicted octanol–water partition coefficient (Wildman–Crippen LogP) is 3.26. The first-order chi connectivity index (χ1) is 17.6. The third kappa shape index (κ3) is 4.88. The number of piperazine rings is 1. The average molecular weight is 522 g/mol. The van der Waals surface area contributed by atoms with Crippen LogP contribution in [-0.4, -0.2) is 71.0 Å². The second kappa shape index (κ2) is 10.8. The van der Waals surface area contributed by atoms with Gasteiger partial charge in [0.15, 0.2) is 0 Å². The number of amides is 1. The van der Waals surface area contributed by atoms with E-state index in [1.807, 2.05) is 30.3 Å². The van der Waals surface area contributed by atoms with Gasteiger partial charge in [-0.3, -0.25) is 18.9 Å². The fourth-order valence-electron chi connectivity index (χ4n) is 4.46. The highest BCUT2D eigenvalue weighted by Crippen LogP contribution is 2.34. The summed E-state index contributed by atoms with van der Waals surface area (Å²) in [7, 11) is 1.63. The van der Waals surface area contributed by atoms with Crippen LogP contribution in [0.2, 0.25) is 0 Å². The molecule has 5 rings (SSSR count). The van der Waals surface area contributed by atoms with Crippen molar-refractivity contribution in [1.29, 1.82) is 0 Å². The fraction of sp³-hybridized carbons (Fsp3) is 0.308. The summed E-state index contributed by atoms with van der Waals surface area (Å²) < 4.78 is 7.12. The largest absolute Gasteiger partial charge is 0.385 e. The zero-order valence-electron chi connectivity index (χ0n) is 20.0. The summed E-state index contributed by atoms with van der Waals surface area (Å²) in [4.78, 5) is 38.1. The Bertz CT molecular complexity index is 1370. The number of thioether (sulfide) groups is 1. The number of pyridine rings is 1. The molecular formula is C26H27N5O3S2. The van der Waals surface area contributed by atoms with E-state index >= 15 is 0 Å².